The molecule has 1 saturated heterocycles. The fourth-order valence-electron chi connectivity index (χ4n) is 4.03. The predicted molar refractivity (Wildman–Crippen MR) is 143 cm³/mol. The van der Waals surface area contributed by atoms with Gasteiger partial charge in [-0.25, -0.2) is 0 Å². The van der Waals surface area contributed by atoms with Crippen LogP contribution in [0.15, 0.2) is 84.0 Å². The van der Waals surface area contributed by atoms with Crippen LogP contribution in [0.1, 0.15) is 29.5 Å². The van der Waals surface area contributed by atoms with Crippen LogP contribution in [0.2, 0.25) is 0 Å². The number of ether oxygens (including phenoxy) is 3. The molecule has 1 aliphatic heterocycles. The number of rotatable bonds is 12. The minimum atomic E-state index is -0.117. The number of nitrogens with one attached hydrogen (secondary N) is 1. The summed E-state index contributed by atoms with van der Waals surface area (Å²) in [6.45, 7) is 2.54. The standard InChI is InChI=1S/C30H34N2O5/c1-34-27-11-7-25(8-12-27)21-37-32-29(19-23-5-3-2-4-6-23)26-9-13-28(14-10-26)36-22-30(33)31-20-24-15-17-35-18-16-24/h2-14,24H,15-22H2,1H3,(H,31,33)/b32-29+. The van der Waals surface area contributed by atoms with Crippen LogP contribution in [0.4, 0.5) is 0 Å². The first kappa shape index (κ1) is 26.2. The largest absolute Gasteiger partial charge is 0.497 e. The van der Waals surface area contributed by atoms with E-state index in [4.69, 9.17) is 19.0 Å². The fourth-order valence-corrected chi connectivity index (χ4v) is 4.03. The number of hydrogen-bond donors (Lipinski definition) is 1. The lowest BCUT2D eigenvalue weighted by Crippen LogP contribution is -2.35. The number of amides is 1. The Morgan fingerprint density at radius 3 is 2.32 bits per heavy atom. The molecule has 0 saturated carbocycles. The summed E-state index contributed by atoms with van der Waals surface area (Å²) in [6, 6.07) is 25.4. The number of hydrogen-bond acceptors (Lipinski definition) is 6. The normalized spacial score (nSPS) is 14.1. The predicted octanol–water partition coefficient (Wildman–Crippen LogP) is 4.78. The second kappa shape index (κ2) is 14.0. The van der Waals surface area contributed by atoms with Gasteiger partial charge in [0.2, 0.25) is 0 Å². The molecule has 37 heavy (non-hydrogen) atoms. The molecule has 0 unspecified atom stereocenters. The first-order chi connectivity index (χ1) is 18.2. The van der Waals surface area contributed by atoms with Crippen molar-refractivity contribution in [3.05, 3.63) is 95.6 Å². The molecule has 7 heteroatoms. The number of oxime groups is 1. The molecule has 3 aromatic carbocycles. The van der Waals surface area contributed by atoms with Crippen molar-refractivity contribution in [1.82, 2.24) is 5.32 Å². The minimum Gasteiger partial charge on any atom is -0.497 e. The third kappa shape index (κ3) is 8.65. The zero-order valence-electron chi connectivity index (χ0n) is 21.2. The highest BCUT2D eigenvalue weighted by Crippen LogP contribution is 2.17. The summed E-state index contributed by atoms with van der Waals surface area (Å²) in [6.07, 6.45) is 2.59. The molecule has 194 valence electrons. The lowest BCUT2D eigenvalue weighted by atomic mass is 10.0. The van der Waals surface area contributed by atoms with Crippen molar-refractivity contribution in [2.24, 2.45) is 11.1 Å². The Morgan fingerprint density at radius 1 is 0.919 bits per heavy atom. The summed E-state index contributed by atoms with van der Waals surface area (Å²) < 4.78 is 16.3. The van der Waals surface area contributed by atoms with Crippen molar-refractivity contribution in [1.29, 1.82) is 0 Å². The topological polar surface area (TPSA) is 78.4 Å². The Hall–Kier alpha value is -3.84. The van der Waals surface area contributed by atoms with E-state index in [2.05, 4.69) is 22.6 Å². The average molecular weight is 503 g/mol. The molecule has 0 aromatic heterocycles. The summed E-state index contributed by atoms with van der Waals surface area (Å²) in [5.74, 6) is 1.79. The van der Waals surface area contributed by atoms with E-state index in [1.165, 1.54) is 0 Å². The Kier molecular flexibility index (Phi) is 9.95. The zero-order chi connectivity index (χ0) is 25.7. The average Bonchev–Trinajstić information content (AvgIpc) is 2.96. The van der Waals surface area contributed by atoms with Gasteiger partial charge in [0, 0.05) is 26.2 Å². The van der Waals surface area contributed by atoms with E-state index in [1.54, 1.807) is 7.11 Å². The summed E-state index contributed by atoms with van der Waals surface area (Å²) in [5, 5.41) is 7.43. The SMILES string of the molecule is COc1ccc(CO/N=C(\Cc2ccccc2)c2ccc(OCC(=O)NCC3CCOCC3)cc2)cc1. The Labute approximate surface area is 218 Å². The van der Waals surface area contributed by atoms with Gasteiger partial charge in [-0.05, 0) is 71.8 Å². The van der Waals surface area contributed by atoms with Crippen LogP contribution in [-0.2, 0) is 27.4 Å². The Balaban J connectivity index is 1.34. The lowest BCUT2D eigenvalue weighted by Gasteiger charge is -2.22. The van der Waals surface area contributed by atoms with Gasteiger partial charge in [-0.15, -0.1) is 0 Å². The maximum atomic E-state index is 12.2. The van der Waals surface area contributed by atoms with Gasteiger partial charge in [-0.3, -0.25) is 4.79 Å². The van der Waals surface area contributed by atoms with Crippen LogP contribution in [0.3, 0.4) is 0 Å². The maximum absolute atomic E-state index is 12.2. The quantitative estimate of drug-likeness (QED) is 0.285. The van der Waals surface area contributed by atoms with Gasteiger partial charge in [0.1, 0.15) is 18.1 Å². The van der Waals surface area contributed by atoms with E-state index in [-0.39, 0.29) is 12.5 Å². The lowest BCUT2D eigenvalue weighted by molar-refractivity contribution is -0.123. The summed E-state index contributed by atoms with van der Waals surface area (Å²) in [5.41, 5.74) is 3.87. The zero-order valence-corrected chi connectivity index (χ0v) is 21.2. The molecule has 1 amide bonds. The molecule has 4 rings (SSSR count). The van der Waals surface area contributed by atoms with Crippen LogP contribution in [0, 0.1) is 5.92 Å². The second-order valence-corrected chi connectivity index (χ2v) is 8.99. The number of methoxy groups -OCH3 is 1. The van der Waals surface area contributed by atoms with E-state index < -0.39 is 0 Å². The van der Waals surface area contributed by atoms with E-state index >= 15 is 0 Å². The molecular weight excluding hydrogens is 468 g/mol. The van der Waals surface area contributed by atoms with Crippen LogP contribution in [-0.4, -0.2) is 45.1 Å². The summed E-state index contributed by atoms with van der Waals surface area (Å²) in [7, 11) is 1.64. The van der Waals surface area contributed by atoms with Gasteiger partial charge in [0.15, 0.2) is 6.61 Å². The van der Waals surface area contributed by atoms with Gasteiger partial charge in [-0.2, -0.15) is 0 Å². The monoisotopic (exact) mass is 502 g/mol. The molecule has 1 N–H and O–H groups in total. The third-order valence-corrected chi connectivity index (χ3v) is 6.27. The summed E-state index contributed by atoms with van der Waals surface area (Å²) in [4.78, 5) is 17.9. The van der Waals surface area contributed by atoms with Crippen molar-refractivity contribution in [3.63, 3.8) is 0 Å². The minimum absolute atomic E-state index is 0.0154. The van der Waals surface area contributed by atoms with Gasteiger partial charge in [0.25, 0.3) is 5.91 Å². The molecule has 0 atom stereocenters. The molecule has 0 radical (unpaired) electrons. The molecule has 3 aromatic rings. The van der Waals surface area contributed by atoms with Crippen molar-refractivity contribution < 1.29 is 23.8 Å². The maximum Gasteiger partial charge on any atom is 0.257 e. The van der Waals surface area contributed by atoms with Gasteiger partial charge in [-0.1, -0.05) is 47.6 Å². The van der Waals surface area contributed by atoms with E-state index in [1.807, 2.05) is 66.7 Å². The second-order valence-electron chi connectivity index (χ2n) is 8.99. The Morgan fingerprint density at radius 2 is 1.62 bits per heavy atom. The van der Waals surface area contributed by atoms with Crippen molar-refractivity contribution in [3.8, 4) is 11.5 Å². The van der Waals surface area contributed by atoms with E-state index in [9.17, 15) is 4.79 Å². The molecule has 7 nitrogen and oxygen atoms in total. The number of nitrogens with zero attached hydrogens (tertiary/aromatic N) is 1. The van der Waals surface area contributed by atoms with Gasteiger partial charge >= 0.3 is 0 Å². The van der Waals surface area contributed by atoms with Crippen LogP contribution >= 0.6 is 0 Å². The van der Waals surface area contributed by atoms with E-state index in [0.717, 1.165) is 54.2 Å². The van der Waals surface area contributed by atoms with Crippen molar-refractivity contribution in [2.75, 3.05) is 33.5 Å². The van der Waals surface area contributed by atoms with Crippen molar-refractivity contribution in [2.45, 2.75) is 25.9 Å². The molecule has 1 heterocycles. The molecule has 1 fully saturated rings. The van der Waals surface area contributed by atoms with Gasteiger partial charge < -0.3 is 24.4 Å². The Bertz CT molecular complexity index is 1120. The fraction of sp³-hybridized carbons (Fsp3) is 0.333. The molecular formula is C30H34N2O5. The smallest absolute Gasteiger partial charge is 0.257 e. The molecule has 0 aliphatic carbocycles. The molecule has 1 aliphatic rings. The third-order valence-electron chi connectivity index (χ3n) is 6.27. The molecule has 0 bridgehead atoms. The highest BCUT2D eigenvalue weighted by Gasteiger charge is 2.15. The number of carbonyl (C=O) groups is 1. The van der Waals surface area contributed by atoms with Gasteiger partial charge in [0.05, 0.1) is 12.8 Å². The van der Waals surface area contributed by atoms with E-state index in [0.29, 0.717) is 31.2 Å². The highest BCUT2D eigenvalue weighted by molar-refractivity contribution is 6.01. The summed E-state index contributed by atoms with van der Waals surface area (Å²) >= 11 is 0. The molecule has 0 spiro atoms. The number of carbonyl (C=O) groups excluding carboxylic acids is 1. The first-order valence-electron chi connectivity index (χ1n) is 12.6. The highest BCUT2D eigenvalue weighted by atomic mass is 16.6. The van der Waals surface area contributed by atoms with Crippen LogP contribution < -0.4 is 14.8 Å². The van der Waals surface area contributed by atoms with Crippen LogP contribution in [0.25, 0.3) is 0 Å². The number of benzene rings is 3. The van der Waals surface area contributed by atoms with Crippen molar-refractivity contribution >= 4 is 11.6 Å². The first-order valence-corrected chi connectivity index (χ1v) is 12.6. The van der Waals surface area contributed by atoms with Crippen LogP contribution in [0.5, 0.6) is 11.5 Å².